The molecule has 1 atom stereocenters. The van der Waals surface area contributed by atoms with Crippen molar-refractivity contribution in [3.05, 3.63) is 35.4 Å². The molecule has 0 saturated heterocycles. The molecule has 1 aromatic rings. The van der Waals surface area contributed by atoms with Crippen LogP contribution in [0.1, 0.15) is 58.2 Å². The Bertz CT molecular complexity index is 627. The second kappa shape index (κ2) is 9.07. The van der Waals surface area contributed by atoms with Crippen LogP contribution in [0.15, 0.2) is 24.3 Å². The fraction of sp³-hybridized carbons (Fsp3) is 0.526. The number of nitriles is 1. The van der Waals surface area contributed by atoms with Gasteiger partial charge in [-0.1, -0.05) is 12.1 Å². The van der Waals surface area contributed by atoms with E-state index in [9.17, 15) is 9.59 Å². The number of nitrogens with zero attached hydrogens (tertiary/aromatic N) is 2. The van der Waals surface area contributed by atoms with Crippen LogP contribution in [0.3, 0.4) is 0 Å². The van der Waals surface area contributed by atoms with Crippen molar-refractivity contribution in [3.63, 3.8) is 0 Å². The number of hydrogen-bond acceptors (Lipinski definition) is 4. The van der Waals surface area contributed by atoms with Gasteiger partial charge in [-0.2, -0.15) is 5.26 Å². The molecule has 6 nitrogen and oxygen atoms in total. The van der Waals surface area contributed by atoms with E-state index in [1.54, 1.807) is 37.8 Å². The van der Waals surface area contributed by atoms with Crippen molar-refractivity contribution in [1.29, 1.82) is 5.26 Å². The van der Waals surface area contributed by atoms with Gasteiger partial charge in [0.15, 0.2) is 0 Å². The minimum absolute atomic E-state index is 0.0459. The Balaban J connectivity index is 2.58. The fourth-order valence-electron chi connectivity index (χ4n) is 2.41. The number of amides is 2. The predicted molar refractivity (Wildman–Crippen MR) is 95.8 cm³/mol. The van der Waals surface area contributed by atoms with Gasteiger partial charge < -0.3 is 15.0 Å². The van der Waals surface area contributed by atoms with E-state index in [4.69, 9.17) is 10.00 Å². The third-order valence-electron chi connectivity index (χ3n) is 3.66. The van der Waals surface area contributed by atoms with E-state index in [0.717, 1.165) is 5.56 Å². The number of nitrogens with one attached hydrogen (secondary N) is 1. The number of rotatable bonds is 6. The van der Waals surface area contributed by atoms with Crippen LogP contribution in [0, 0.1) is 11.3 Å². The SMILES string of the molecule is CCN(C(=O)CCNC(=O)OC(C)(C)C)C(C)c1ccc(C#N)cc1. The topological polar surface area (TPSA) is 82.4 Å². The average molecular weight is 345 g/mol. The number of ether oxygens (including phenoxy) is 1. The molecule has 0 saturated carbocycles. The number of carbonyl (C=O) groups excluding carboxylic acids is 2. The summed E-state index contributed by atoms with van der Waals surface area (Å²) >= 11 is 0. The lowest BCUT2D eigenvalue weighted by Crippen LogP contribution is -2.37. The first kappa shape index (κ1) is 20.5. The highest BCUT2D eigenvalue weighted by Gasteiger charge is 2.20. The van der Waals surface area contributed by atoms with Gasteiger partial charge in [-0.05, 0) is 52.3 Å². The molecule has 0 spiro atoms. The van der Waals surface area contributed by atoms with Crippen LogP contribution >= 0.6 is 0 Å². The van der Waals surface area contributed by atoms with E-state index in [0.29, 0.717) is 12.1 Å². The molecule has 136 valence electrons. The third-order valence-corrected chi connectivity index (χ3v) is 3.66. The van der Waals surface area contributed by atoms with Crippen LogP contribution in [-0.4, -0.2) is 35.6 Å². The predicted octanol–water partition coefficient (Wildman–Crippen LogP) is 3.38. The quantitative estimate of drug-likeness (QED) is 0.857. The van der Waals surface area contributed by atoms with Crippen molar-refractivity contribution >= 4 is 12.0 Å². The molecule has 1 unspecified atom stereocenters. The van der Waals surface area contributed by atoms with Crippen molar-refractivity contribution < 1.29 is 14.3 Å². The molecule has 0 fully saturated rings. The van der Waals surface area contributed by atoms with Crippen molar-refractivity contribution in [2.75, 3.05) is 13.1 Å². The van der Waals surface area contributed by atoms with Crippen molar-refractivity contribution in [2.45, 2.75) is 52.7 Å². The van der Waals surface area contributed by atoms with Crippen LogP contribution in [0.5, 0.6) is 0 Å². The third kappa shape index (κ3) is 6.84. The highest BCUT2D eigenvalue weighted by Crippen LogP contribution is 2.21. The Morgan fingerprint density at radius 2 is 1.88 bits per heavy atom. The first-order valence-corrected chi connectivity index (χ1v) is 8.44. The van der Waals surface area contributed by atoms with Crippen LogP contribution in [0.25, 0.3) is 0 Å². The van der Waals surface area contributed by atoms with Crippen molar-refractivity contribution in [3.8, 4) is 6.07 Å². The summed E-state index contributed by atoms with van der Waals surface area (Å²) in [6.07, 6.45) is -0.322. The monoisotopic (exact) mass is 345 g/mol. The smallest absolute Gasteiger partial charge is 0.407 e. The summed E-state index contributed by atoms with van der Waals surface area (Å²) in [7, 11) is 0. The van der Waals surface area contributed by atoms with E-state index >= 15 is 0 Å². The van der Waals surface area contributed by atoms with Gasteiger partial charge in [-0.15, -0.1) is 0 Å². The van der Waals surface area contributed by atoms with Gasteiger partial charge in [0.05, 0.1) is 17.7 Å². The van der Waals surface area contributed by atoms with Gasteiger partial charge in [0.1, 0.15) is 5.60 Å². The first-order valence-electron chi connectivity index (χ1n) is 8.44. The maximum Gasteiger partial charge on any atom is 0.407 e. The fourth-order valence-corrected chi connectivity index (χ4v) is 2.41. The standard InChI is InChI=1S/C19H27N3O3/c1-6-22(14(2)16-9-7-15(13-20)8-10-16)17(23)11-12-21-18(24)25-19(3,4)5/h7-10,14H,6,11-12H2,1-5H3,(H,21,24). The normalized spacial score (nSPS) is 12.0. The van der Waals surface area contributed by atoms with Crippen LogP contribution in [0.2, 0.25) is 0 Å². The largest absolute Gasteiger partial charge is 0.444 e. The van der Waals surface area contributed by atoms with Gasteiger partial charge in [0.25, 0.3) is 0 Å². The molecule has 0 radical (unpaired) electrons. The second-order valence-electron chi connectivity index (χ2n) is 6.77. The summed E-state index contributed by atoms with van der Waals surface area (Å²) in [5, 5.41) is 11.5. The van der Waals surface area contributed by atoms with Crippen molar-refractivity contribution in [1.82, 2.24) is 10.2 Å². The molecule has 6 heteroatoms. The summed E-state index contributed by atoms with van der Waals surface area (Å²) in [6, 6.07) is 9.18. The summed E-state index contributed by atoms with van der Waals surface area (Å²) in [4.78, 5) is 25.8. The zero-order valence-electron chi connectivity index (χ0n) is 15.6. The molecule has 0 heterocycles. The van der Waals surface area contributed by atoms with E-state index < -0.39 is 11.7 Å². The minimum Gasteiger partial charge on any atom is -0.444 e. The average Bonchev–Trinajstić information content (AvgIpc) is 2.53. The summed E-state index contributed by atoms with van der Waals surface area (Å²) in [5.41, 5.74) is 0.995. The maximum absolute atomic E-state index is 12.5. The maximum atomic E-state index is 12.5. The van der Waals surface area contributed by atoms with E-state index in [-0.39, 0.29) is 24.9 Å². The Labute approximate surface area is 149 Å². The van der Waals surface area contributed by atoms with Gasteiger partial charge in [-0.25, -0.2) is 4.79 Å². The Morgan fingerprint density at radius 3 is 2.36 bits per heavy atom. The highest BCUT2D eigenvalue weighted by atomic mass is 16.6. The molecule has 1 rings (SSSR count). The van der Waals surface area contributed by atoms with Crippen LogP contribution in [0.4, 0.5) is 4.79 Å². The molecule has 0 aliphatic rings. The van der Waals surface area contributed by atoms with Gasteiger partial charge in [0, 0.05) is 19.5 Å². The molecular formula is C19H27N3O3. The van der Waals surface area contributed by atoms with E-state index in [1.165, 1.54) is 0 Å². The lowest BCUT2D eigenvalue weighted by Gasteiger charge is -2.28. The number of hydrogen-bond donors (Lipinski definition) is 1. The molecule has 1 aromatic carbocycles. The number of benzene rings is 1. The zero-order chi connectivity index (χ0) is 19.0. The van der Waals surface area contributed by atoms with Crippen LogP contribution < -0.4 is 5.32 Å². The highest BCUT2D eigenvalue weighted by molar-refractivity contribution is 5.77. The lowest BCUT2D eigenvalue weighted by atomic mass is 10.0. The minimum atomic E-state index is -0.562. The van der Waals surface area contributed by atoms with E-state index in [2.05, 4.69) is 11.4 Å². The van der Waals surface area contributed by atoms with Crippen LogP contribution in [-0.2, 0) is 9.53 Å². The van der Waals surface area contributed by atoms with Gasteiger partial charge in [0.2, 0.25) is 5.91 Å². The van der Waals surface area contributed by atoms with Gasteiger partial charge >= 0.3 is 6.09 Å². The molecule has 0 aliphatic heterocycles. The molecule has 0 aromatic heterocycles. The van der Waals surface area contributed by atoms with Crippen molar-refractivity contribution in [2.24, 2.45) is 0 Å². The number of alkyl carbamates (subject to hydrolysis) is 1. The Morgan fingerprint density at radius 1 is 1.28 bits per heavy atom. The Kier molecular flexibility index (Phi) is 7.43. The lowest BCUT2D eigenvalue weighted by molar-refractivity contribution is -0.133. The molecule has 25 heavy (non-hydrogen) atoms. The van der Waals surface area contributed by atoms with Gasteiger partial charge in [-0.3, -0.25) is 4.79 Å². The second-order valence-corrected chi connectivity index (χ2v) is 6.77. The number of carbonyl (C=O) groups is 2. The first-order chi connectivity index (χ1) is 11.7. The molecule has 0 bridgehead atoms. The molecular weight excluding hydrogens is 318 g/mol. The van der Waals surface area contributed by atoms with E-state index in [1.807, 2.05) is 26.0 Å². The molecule has 0 aliphatic carbocycles. The molecule has 2 amide bonds. The zero-order valence-corrected chi connectivity index (χ0v) is 15.6. The summed E-state index contributed by atoms with van der Waals surface area (Å²) < 4.78 is 5.14. The summed E-state index contributed by atoms with van der Waals surface area (Å²) in [5.74, 6) is -0.0459. The Hall–Kier alpha value is -2.55. The molecule has 1 N–H and O–H groups in total. The summed E-state index contributed by atoms with van der Waals surface area (Å²) in [6.45, 7) is 10.0.